The van der Waals surface area contributed by atoms with Gasteiger partial charge in [0.25, 0.3) is 0 Å². The van der Waals surface area contributed by atoms with Crippen molar-refractivity contribution in [1.82, 2.24) is 4.72 Å². The third-order valence-electron chi connectivity index (χ3n) is 4.85. The quantitative estimate of drug-likeness (QED) is 0.722. The maximum Gasteiger partial charge on any atom is 0.305 e. The van der Waals surface area contributed by atoms with E-state index in [-0.39, 0.29) is 29.0 Å². The van der Waals surface area contributed by atoms with E-state index >= 15 is 0 Å². The summed E-state index contributed by atoms with van der Waals surface area (Å²) in [5.41, 5.74) is 0.336. The zero-order valence-electron chi connectivity index (χ0n) is 12.4. The summed E-state index contributed by atoms with van der Waals surface area (Å²) in [7, 11) is -2.00. The highest BCUT2D eigenvalue weighted by molar-refractivity contribution is 7.89. The van der Waals surface area contributed by atoms with Crippen molar-refractivity contribution in [2.75, 3.05) is 19.4 Å². The molecule has 0 amide bonds. The van der Waals surface area contributed by atoms with Crippen molar-refractivity contribution in [2.45, 2.75) is 40.5 Å². The molecule has 0 aromatic carbocycles. The lowest BCUT2D eigenvalue weighted by molar-refractivity contribution is -0.140. The van der Waals surface area contributed by atoms with Crippen LogP contribution in [0, 0.1) is 16.7 Å². The van der Waals surface area contributed by atoms with Crippen molar-refractivity contribution in [3.8, 4) is 0 Å². The van der Waals surface area contributed by atoms with Gasteiger partial charge in [-0.25, -0.2) is 13.1 Å². The molecule has 0 heterocycles. The molecule has 1 fully saturated rings. The minimum absolute atomic E-state index is 0.0321. The van der Waals surface area contributed by atoms with E-state index < -0.39 is 10.0 Å². The maximum atomic E-state index is 11.8. The van der Waals surface area contributed by atoms with E-state index in [0.717, 1.165) is 0 Å². The van der Waals surface area contributed by atoms with Crippen LogP contribution in [0.25, 0.3) is 0 Å². The van der Waals surface area contributed by atoms with Gasteiger partial charge in [-0.15, -0.1) is 0 Å². The molecule has 6 heteroatoms. The van der Waals surface area contributed by atoms with Gasteiger partial charge >= 0.3 is 5.97 Å². The Hall–Kier alpha value is -0.620. The highest BCUT2D eigenvalue weighted by atomic mass is 32.2. The number of hydrogen-bond acceptors (Lipinski definition) is 4. The molecule has 1 N–H and O–H groups in total. The van der Waals surface area contributed by atoms with Gasteiger partial charge in [-0.1, -0.05) is 27.7 Å². The molecule has 0 aromatic rings. The van der Waals surface area contributed by atoms with Crippen molar-refractivity contribution in [3.63, 3.8) is 0 Å². The number of rotatable bonds is 7. The van der Waals surface area contributed by atoms with E-state index in [1.165, 1.54) is 7.11 Å². The van der Waals surface area contributed by atoms with Gasteiger partial charge in [-0.05, 0) is 23.2 Å². The lowest BCUT2D eigenvalue weighted by Crippen LogP contribution is -2.29. The van der Waals surface area contributed by atoms with Crippen LogP contribution in [0.3, 0.4) is 0 Å². The minimum atomic E-state index is -3.30. The second-order valence-corrected chi connectivity index (χ2v) is 8.27. The zero-order chi connectivity index (χ0) is 14.9. The van der Waals surface area contributed by atoms with Gasteiger partial charge < -0.3 is 4.74 Å². The number of esters is 1. The Morgan fingerprint density at radius 2 is 1.74 bits per heavy atom. The van der Waals surface area contributed by atoms with E-state index in [1.54, 1.807) is 0 Å². The van der Waals surface area contributed by atoms with Crippen molar-refractivity contribution < 1.29 is 17.9 Å². The largest absolute Gasteiger partial charge is 0.469 e. The van der Waals surface area contributed by atoms with E-state index in [1.807, 2.05) is 0 Å². The van der Waals surface area contributed by atoms with Crippen LogP contribution in [0.2, 0.25) is 0 Å². The predicted octanol–water partition coefficient (Wildman–Crippen LogP) is 1.54. The average Bonchev–Trinajstić information content (AvgIpc) is 2.66. The van der Waals surface area contributed by atoms with Gasteiger partial charge in [0.2, 0.25) is 10.0 Å². The van der Waals surface area contributed by atoms with Crippen molar-refractivity contribution in [1.29, 1.82) is 0 Å². The molecular weight excluding hydrogens is 266 g/mol. The topological polar surface area (TPSA) is 72.5 Å². The molecule has 0 atom stereocenters. The van der Waals surface area contributed by atoms with E-state index in [2.05, 4.69) is 37.2 Å². The SMILES string of the molecule is COC(=O)CCCS(=O)(=O)NCC1C(C)(C)C1(C)C. The number of methoxy groups -OCH3 is 1. The van der Waals surface area contributed by atoms with Gasteiger partial charge in [0.1, 0.15) is 0 Å². The smallest absolute Gasteiger partial charge is 0.305 e. The Labute approximate surface area is 116 Å². The molecule has 0 aromatic heterocycles. The average molecular weight is 291 g/mol. The van der Waals surface area contributed by atoms with Gasteiger partial charge in [-0.3, -0.25) is 4.79 Å². The monoisotopic (exact) mass is 291 g/mol. The van der Waals surface area contributed by atoms with Crippen molar-refractivity contribution in [3.05, 3.63) is 0 Å². The molecular formula is C13H25NO4S. The number of carbonyl (C=O) groups excluding carboxylic acids is 1. The lowest BCUT2D eigenvalue weighted by atomic mass is 10.0. The fourth-order valence-electron chi connectivity index (χ4n) is 2.63. The van der Waals surface area contributed by atoms with E-state index in [9.17, 15) is 13.2 Å². The van der Waals surface area contributed by atoms with Crippen molar-refractivity contribution in [2.24, 2.45) is 16.7 Å². The number of hydrogen-bond donors (Lipinski definition) is 1. The molecule has 0 aliphatic heterocycles. The van der Waals surface area contributed by atoms with E-state index in [0.29, 0.717) is 18.9 Å². The third kappa shape index (κ3) is 3.69. The summed E-state index contributed by atoms with van der Waals surface area (Å²) in [6, 6.07) is 0. The Kier molecular flexibility index (Phi) is 4.67. The molecule has 1 aliphatic carbocycles. The van der Waals surface area contributed by atoms with Gasteiger partial charge in [0.15, 0.2) is 0 Å². The first-order chi connectivity index (χ1) is 8.54. The first-order valence-corrected chi connectivity index (χ1v) is 8.24. The predicted molar refractivity (Wildman–Crippen MR) is 74.1 cm³/mol. The standard InChI is InChI=1S/C13H25NO4S/c1-12(2)10(13(12,3)4)9-14-19(16,17)8-6-7-11(15)18-5/h10,14H,6-9H2,1-5H3. The van der Waals surface area contributed by atoms with Gasteiger partial charge in [0.05, 0.1) is 12.9 Å². The molecule has 19 heavy (non-hydrogen) atoms. The number of carbonyl (C=O) groups is 1. The summed E-state index contributed by atoms with van der Waals surface area (Å²) in [4.78, 5) is 10.9. The highest BCUT2D eigenvalue weighted by Gasteiger charge is 2.64. The first-order valence-electron chi connectivity index (χ1n) is 6.59. The molecule has 0 bridgehead atoms. The minimum Gasteiger partial charge on any atom is -0.469 e. The van der Waals surface area contributed by atoms with Crippen LogP contribution >= 0.6 is 0 Å². The maximum absolute atomic E-state index is 11.8. The van der Waals surface area contributed by atoms with Gasteiger partial charge in [0, 0.05) is 13.0 Å². The Morgan fingerprint density at radius 1 is 1.21 bits per heavy atom. The first kappa shape index (κ1) is 16.4. The second-order valence-electron chi connectivity index (χ2n) is 6.34. The zero-order valence-corrected chi connectivity index (χ0v) is 13.3. The van der Waals surface area contributed by atoms with Gasteiger partial charge in [-0.2, -0.15) is 0 Å². The molecule has 5 nitrogen and oxygen atoms in total. The fraction of sp³-hybridized carbons (Fsp3) is 0.923. The number of nitrogens with one attached hydrogen (secondary N) is 1. The summed E-state index contributed by atoms with van der Waals surface area (Å²) >= 11 is 0. The normalized spacial score (nSPS) is 21.1. The summed E-state index contributed by atoms with van der Waals surface area (Å²) < 4.78 is 30.7. The molecule has 0 unspecified atom stereocenters. The second kappa shape index (κ2) is 5.40. The van der Waals surface area contributed by atoms with Crippen LogP contribution in [0.4, 0.5) is 0 Å². The Balaban J connectivity index is 2.35. The fourth-order valence-corrected chi connectivity index (χ4v) is 3.72. The molecule has 1 aliphatic rings. The lowest BCUT2D eigenvalue weighted by Gasteiger charge is -2.07. The molecule has 1 saturated carbocycles. The number of sulfonamides is 1. The van der Waals surface area contributed by atoms with Crippen LogP contribution in [-0.4, -0.2) is 33.8 Å². The molecule has 0 saturated heterocycles. The van der Waals surface area contributed by atoms with Crippen LogP contribution in [-0.2, 0) is 19.6 Å². The molecule has 0 spiro atoms. The van der Waals surface area contributed by atoms with Crippen LogP contribution in [0.15, 0.2) is 0 Å². The third-order valence-corrected chi connectivity index (χ3v) is 6.28. The Morgan fingerprint density at radius 3 is 2.16 bits per heavy atom. The van der Waals surface area contributed by atoms with Crippen molar-refractivity contribution >= 4 is 16.0 Å². The summed E-state index contributed by atoms with van der Waals surface area (Å²) in [6.45, 7) is 9.10. The molecule has 1 rings (SSSR count). The summed E-state index contributed by atoms with van der Waals surface area (Å²) in [6.07, 6.45) is 0.428. The highest BCUT2D eigenvalue weighted by Crippen LogP contribution is 2.67. The van der Waals surface area contributed by atoms with Crippen LogP contribution < -0.4 is 4.72 Å². The molecule has 0 radical (unpaired) electrons. The Bertz CT molecular complexity index is 426. The number of ether oxygens (including phenoxy) is 1. The van der Waals surface area contributed by atoms with E-state index in [4.69, 9.17) is 0 Å². The summed E-state index contributed by atoms with van der Waals surface area (Å²) in [5.74, 6) is -0.0505. The van der Waals surface area contributed by atoms with Crippen LogP contribution in [0.5, 0.6) is 0 Å². The molecule has 112 valence electrons. The van der Waals surface area contributed by atoms with Crippen LogP contribution in [0.1, 0.15) is 40.5 Å². The summed E-state index contributed by atoms with van der Waals surface area (Å²) in [5, 5.41) is 0.